The van der Waals surface area contributed by atoms with Gasteiger partial charge in [-0.2, -0.15) is 0 Å². The lowest BCUT2D eigenvalue weighted by molar-refractivity contribution is 0.0450. The van der Waals surface area contributed by atoms with Crippen molar-refractivity contribution < 1.29 is 14.3 Å². The van der Waals surface area contributed by atoms with E-state index in [0.717, 1.165) is 11.9 Å². The van der Waals surface area contributed by atoms with E-state index >= 15 is 0 Å². The van der Waals surface area contributed by atoms with Crippen molar-refractivity contribution in [1.82, 2.24) is 14.5 Å². The summed E-state index contributed by atoms with van der Waals surface area (Å²) in [7, 11) is 1.62. The van der Waals surface area contributed by atoms with Gasteiger partial charge in [0.2, 0.25) is 0 Å². The van der Waals surface area contributed by atoms with Crippen LogP contribution in [0.3, 0.4) is 0 Å². The van der Waals surface area contributed by atoms with Crippen molar-refractivity contribution in [2.75, 3.05) is 26.1 Å². The highest BCUT2D eigenvalue weighted by atomic mass is 16.5. The van der Waals surface area contributed by atoms with Crippen LogP contribution in [0.25, 0.3) is 22.2 Å². The summed E-state index contributed by atoms with van der Waals surface area (Å²) in [4.78, 5) is 22.0. The van der Waals surface area contributed by atoms with E-state index in [-0.39, 0.29) is 11.5 Å². The Labute approximate surface area is 152 Å². The van der Waals surface area contributed by atoms with Crippen LogP contribution in [0.2, 0.25) is 0 Å². The molecular formula is C19H24N4O3. The molecule has 7 nitrogen and oxygen atoms in total. The molecule has 0 amide bonds. The zero-order valence-electron chi connectivity index (χ0n) is 15.4. The molecule has 3 aromatic rings. The molecule has 1 atom stereocenters. The molecule has 0 radical (unpaired) electrons. The van der Waals surface area contributed by atoms with E-state index in [1.807, 2.05) is 31.2 Å². The fourth-order valence-electron chi connectivity index (χ4n) is 2.74. The van der Waals surface area contributed by atoms with Gasteiger partial charge < -0.3 is 19.8 Å². The monoisotopic (exact) mass is 356 g/mol. The van der Waals surface area contributed by atoms with E-state index in [1.54, 1.807) is 11.7 Å². The number of carbonyl (C=O) groups excluding carboxylic acids is 1. The van der Waals surface area contributed by atoms with Gasteiger partial charge in [0, 0.05) is 13.7 Å². The van der Waals surface area contributed by atoms with Crippen molar-refractivity contribution >= 4 is 34.0 Å². The minimum absolute atomic E-state index is 0.276. The average Bonchev–Trinajstić information content (AvgIpc) is 2.92. The molecule has 0 bridgehead atoms. The Balaban J connectivity index is 2.12. The number of fused-ring (bicyclic) bond motifs is 2. The Hall–Kier alpha value is -2.67. The highest BCUT2D eigenvalue weighted by molar-refractivity contribution is 6.08. The molecule has 138 valence electrons. The highest BCUT2D eigenvalue weighted by Crippen LogP contribution is 2.28. The molecule has 3 rings (SSSR count). The topological polar surface area (TPSA) is 92.3 Å². The smallest absolute Gasteiger partial charge is 0.344 e. The van der Waals surface area contributed by atoms with E-state index in [4.69, 9.17) is 15.2 Å². The molecule has 0 fully saturated rings. The van der Waals surface area contributed by atoms with Crippen molar-refractivity contribution in [2.24, 2.45) is 5.92 Å². The van der Waals surface area contributed by atoms with Gasteiger partial charge in [0.25, 0.3) is 0 Å². The third kappa shape index (κ3) is 3.35. The zero-order chi connectivity index (χ0) is 18.7. The third-order valence-electron chi connectivity index (χ3n) is 4.51. The van der Waals surface area contributed by atoms with Gasteiger partial charge in [-0.05, 0) is 18.1 Å². The molecule has 7 heteroatoms. The number of nitrogens with two attached hydrogens (primary N) is 1. The van der Waals surface area contributed by atoms with Gasteiger partial charge in [0.1, 0.15) is 16.9 Å². The van der Waals surface area contributed by atoms with Crippen molar-refractivity contribution in [3.8, 4) is 0 Å². The minimum atomic E-state index is -0.464. The van der Waals surface area contributed by atoms with Crippen molar-refractivity contribution in [2.45, 2.75) is 26.8 Å². The molecule has 0 saturated heterocycles. The molecule has 0 unspecified atom stereocenters. The zero-order valence-corrected chi connectivity index (χ0v) is 15.4. The van der Waals surface area contributed by atoms with Crippen LogP contribution in [0.5, 0.6) is 0 Å². The molecule has 0 spiro atoms. The number of nitrogens with zero attached hydrogens (tertiary/aromatic N) is 3. The Morgan fingerprint density at radius 1 is 1.27 bits per heavy atom. The summed E-state index contributed by atoms with van der Waals surface area (Å²) in [6, 6.07) is 7.52. The maximum Gasteiger partial charge on any atom is 0.344 e. The Morgan fingerprint density at radius 3 is 2.62 bits per heavy atom. The van der Waals surface area contributed by atoms with E-state index in [9.17, 15) is 4.79 Å². The summed E-state index contributed by atoms with van der Waals surface area (Å²) in [5.74, 6) is 0.129. The van der Waals surface area contributed by atoms with Crippen LogP contribution < -0.4 is 5.73 Å². The lowest BCUT2D eigenvalue weighted by atomic mass is 10.1. The Bertz CT molecular complexity index is 935. The summed E-state index contributed by atoms with van der Waals surface area (Å²) < 4.78 is 12.4. The van der Waals surface area contributed by atoms with Crippen LogP contribution in [0, 0.1) is 5.92 Å². The lowest BCUT2D eigenvalue weighted by Gasteiger charge is -2.10. The predicted molar refractivity (Wildman–Crippen MR) is 101 cm³/mol. The number of aromatic nitrogens is 3. The first kappa shape index (κ1) is 18.1. The van der Waals surface area contributed by atoms with Crippen LogP contribution in [0.15, 0.2) is 24.3 Å². The Morgan fingerprint density at radius 2 is 1.96 bits per heavy atom. The standard InChI is InChI=1S/C19H24N4O3/c1-4-12(2)11-26-19(24)15-16-18(23(17(15)20)9-10-25-3)22-14-8-6-5-7-13(14)21-16/h5-8,12H,4,9-11,20H2,1-3H3/t12-/m0/s1. The largest absolute Gasteiger partial charge is 0.462 e. The second-order valence-electron chi connectivity index (χ2n) is 6.40. The first-order chi connectivity index (χ1) is 12.6. The third-order valence-corrected chi connectivity index (χ3v) is 4.51. The van der Waals surface area contributed by atoms with E-state index in [0.29, 0.717) is 42.3 Å². The van der Waals surface area contributed by atoms with E-state index in [1.165, 1.54) is 0 Å². The van der Waals surface area contributed by atoms with Crippen LogP contribution in [0.4, 0.5) is 5.82 Å². The summed E-state index contributed by atoms with van der Waals surface area (Å²) in [6.45, 7) is 5.36. The van der Waals surface area contributed by atoms with Crippen molar-refractivity contribution in [3.05, 3.63) is 29.8 Å². The molecule has 2 N–H and O–H groups in total. The summed E-state index contributed by atoms with van der Waals surface area (Å²) >= 11 is 0. The van der Waals surface area contributed by atoms with Crippen LogP contribution >= 0.6 is 0 Å². The van der Waals surface area contributed by atoms with Gasteiger partial charge in [-0.1, -0.05) is 32.4 Å². The number of hydrogen-bond donors (Lipinski definition) is 1. The number of nitrogen functional groups attached to an aromatic ring is 1. The molecule has 0 aliphatic heterocycles. The Kier molecular flexibility index (Phi) is 5.37. The number of para-hydroxylation sites is 2. The van der Waals surface area contributed by atoms with Crippen LogP contribution in [-0.4, -0.2) is 40.8 Å². The number of benzene rings is 1. The van der Waals surface area contributed by atoms with Gasteiger partial charge in [-0.25, -0.2) is 14.8 Å². The van der Waals surface area contributed by atoms with Gasteiger partial charge in [-0.3, -0.25) is 0 Å². The quantitative estimate of drug-likeness (QED) is 0.654. The summed E-state index contributed by atoms with van der Waals surface area (Å²) in [5, 5.41) is 0. The number of esters is 1. The summed E-state index contributed by atoms with van der Waals surface area (Å²) in [6.07, 6.45) is 0.933. The maximum absolute atomic E-state index is 12.7. The average molecular weight is 356 g/mol. The number of anilines is 1. The van der Waals surface area contributed by atoms with Crippen molar-refractivity contribution in [1.29, 1.82) is 0 Å². The first-order valence-electron chi connectivity index (χ1n) is 8.77. The second kappa shape index (κ2) is 7.70. The van der Waals surface area contributed by atoms with E-state index in [2.05, 4.69) is 16.9 Å². The number of rotatable bonds is 7. The SMILES string of the molecule is CC[C@H](C)COC(=O)c1c(N)n(CCOC)c2nc3ccccc3nc12. The molecule has 0 aliphatic rings. The second-order valence-corrected chi connectivity index (χ2v) is 6.40. The fourth-order valence-corrected chi connectivity index (χ4v) is 2.74. The number of methoxy groups -OCH3 is 1. The van der Waals surface area contributed by atoms with Crippen LogP contribution in [-0.2, 0) is 16.0 Å². The molecule has 1 aromatic carbocycles. The molecule has 2 heterocycles. The minimum Gasteiger partial charge on any atom is -0.462 e. The van der Waals surface area contributed by atoms with Crippen molar-refractivity contribution in [3.63, 3.8) is 0 Å². The molecule has 0 aliphatic carbocycles. The predicted octanol–water partition coefficient (Wildman–Crippen LogP) is 3.02. The molecule has 0 saturated carbocycles. The lowest BCUT2D eigenvalue weighted by Crippen LogP contribution is -2.14. The van der Waals surface area contributed by atoms with Gasteiger partial charge in [-0.15, -0.1) is 0 Å². The summed E-state index contributed by atoms with van der Waals surface area (Å²) in [5.41, 5.74) is 9.04. The van der Waals surface area contributed by atoms with Crippen LogP contribution in [0.1, 0.15) is 30.6 Å². The van der Waals surface area contributed by atoms with E-state index < -0.39 is 5.97 Å². The fraction of sp³-hybridized carbons (Fsp3) is 0.421. The normalized spacial score (nSPS) is 12.6. The maximum atomic E-state index is 12.7. The van der Waals surface area contributed by atoms with Gasteiger partial charge in [0.15, 0.2) is 5.65 Å². The highest BCUT2D eigenvalue weighted by Gasteiger charge is 2.25. The van der Waals surface area contributed by atoms with Gasteiger partial charge >= 0.3 is 5.97 Å². The van der Waals surface area contributed by atoms with Gasteiger partial charge in [0.05, 0.1) is 24.2 Å². The molecule has 2 aromatic heterocycles. The number of ether oxygens (including phenoxy) is 2. The number of hydrogen-bond acceptors (Lipinski definition) is 6. The number of carbonyl (C=O) groups is 1. The molecular weight excluding hydrogens is 332 g/mol. The molecule has 26 heavy (non-hydrogen) atoms. The first-order valence-corrected chi connectivity index (χ1v) is 8.77.